The van der Waals surface area contributed by atoms with Crippen molar-refractivity contribution in [2.45, 2.75) is 11.6 Å². The lowest BCUT2D eigenvalue weighted by Gasteiger charge is -2.05. The van der Waals surface area contributed by atoms with E-state index in [0.717, 1.165) is 5.56 Å². The van der Waals surface area contributed by atoms with Crippen LogP contribution in [0.3, 0.4) is 0 Å². The molecule has 1 heterocycles. The van der Waals surface area contributed by atoms with E-state index in [-0.39, 0.29) is 11.6 Å². The number of nitrogens with zero attached hydrogens (tertiary/aromatic N) is 1. The molecule has 0 bridgehead atoms. The van der Waals surface area contributed by atoms with Gasteiger partial charge in [-0.05, 0) is 11.6 Å². The number of aromatic nitrogens is 1. The molecule has 7 heteroatoms. The van der Waals surface area contributed by atoms with Crippen LogP contribution in [0, 0.1) is 0 Å². The summed E-state index contributed by atoms with van der Waals surface area (Å²) in [6, 6.07) is 3.06. The van der Waals surface area contributed by atoms with Gasteiger partial charge in [0.15, 0.2) is 5.03 Å². The predicted molar refractivity (Wildman–Crippen MR) is 59.2 cm³/mol. The second-order valence-corrected chi connectivity index (χ2v) is 4.81. The Morgan fingerprint density at radius 3 is 2.75 bits per heavy atom. The van der Waals surface area contributed by atoms with Crippen molar-refractivity contribution in [3.63, 3.8) is 0 Å². The zero-order valence-electron chi connectivity index (χ0n) is 9.01. The maximum Gasteiger partial charge on any atom is 0.258 e. The van der Waals surface area contributed by atoms with Gasteiger partial charge in [0.1, 0.15) is 0 Å². The molecule has 0 fully saturated rings. The molecular formula is C9H15N3O3S. The van der Waals surface area contributed by atoms with Gasteiger partial charge in [-0.15, -0.1) is 0 Å². The third-order valence-corrected chi connectivity index (χ3v) is 3.28. The molecule has 0 radical (unpaired) electrons. The Morgan fingerprint density at radius 1 is 1.50 bits per heavy atom. The third-order valence-electron chi connectivity index (χ3n) is 1.91. The van der Waals surface area contributed by atoms with Gasteiger partial charge < -0.3 is 10.5 Å². The maximum absolute atomic E-state index is 11.6. The summed E-state index contributed by atoms with van der Waals surface area (Å²) in [5.74, 6) is 0. The van der Waals surface area contributed by atoms with Crippen molar-refractivity contribution < 1.29 is 13.2 Å². The average Bonchev–Trinajstić information content (AvgIpc) is 2.29. The van der Waals surface area contributed by atoms with Crippen molar-refractivity contribution in [1.82, 2.24) is 9.71 Å². The molecule has 16 heavy (non-hydrogen) atoms. The highest BCUT2D eigenvalue weighted by molar-refractivity contribution is 7.89. The Morgan fingerprint density at radius 2 is 2.25 bits per heavy atom. The van der Waals surface area contributed by atoms with E-state index in [1.807, 2.05) is 0 Å². The Kier molecular flexibility index (Phi) is 4.81. The summed E-state index contributed by atoms with van der Waals surface area (Å²) in [5.41, 5.74) is 6.17. The van der Waals surface area contributed by atoms with Gasteiger partial charge in [-0.1, -0.05) is 6.07 Å². The molecule has 0 aliphatic heterocycles. The fraction of sp³-hybridized carbons (Fsp3) is 0.444. The first-order valence-electron chi connectivity index (χ1n) is 4.74. The summed E-state index contributed by atoms with van der Waals surface area (Å²) in [5, 5.41) is -0.0131. The van der Waals surface area contributed by atoms with Crippen molar-refractivity contribution in [3.8, 4) is 0 Å². The highest BCUT2D eigenvalue weighted by Gasteiger charge is 2.14. The molecule has 0 aliphatic carbocycles. The highest BCUT2D eigenvalue weighted by atomic mass is 32.2. The summed E-state index contributed by atoms with van der Waals surface area (Å²) >= 11 is 0. The molecule has 0 saturated carbocycles. The average molecular weight is 245 g/mol. The number of nitrogens with two attached hydrogens (primary N) is 1. The molecule has 0 atom stereocenters. The summed E-state index contributed by atoms with van der Waals surface area (Å²) in [7, 11) is -2.04. The molecule has 0 aromatic carbocycles. The van der Waals surface area contributed by atoms with Crippen LogP contribution < -0.4 is 10.5 Å². The van der Waals surface area contributed by atoms with E-state index in [1.165, 1.54) is 19.4 Å². The van der Waals surface area contributed by atoms with Crippen LogP contribution in [0.25, 0.3) is 0 Å². The summed E-state index contributed by atoms with van der Waals surface area (Å²) in [6.45, 7) is 0.879. The van der Waals surface area contributed by atoms with Gasteiger partial charge in [0.2, 0.25) is 0 Å². The molecule has 6 nitrogen and oxygen atoms in total. The van der Waals surface area contributed by atoms with Crippen LogP contribution in [0.4, 0.5) is 0 Å². The molecular weight excluding hydrogens is 230 g/mol. The van der Waals surface area contributed by atoms with Gasteiger partial charge in [0, 0.05) is 26.4 Å². The van der Waals surface area contributed by atoms with Crippen molar-refractivity contribution in [2.24, 2.45) is 5.73 Å². The highest BCUT2D eigenvalue weighted by Crippen LogP contribution is 2.05. The van der Waals surface area contributed by atoms with E-state index in [0.29, 0.717) is 13.2 Å². The molecule has 1 aromatic rings. The fourth-order valence-electron chi connectivity index (χ4n) is 1.04. The van der Waals surface area contributed by atoms with E-state index in [9.17, 15) is 8.42 Å². The largest absolute Gasteiger partial charge is 0.383 e. The van der Waals surface area contributed by atoms with Gasteiger partial charge >= 0.3 is 0 Å². The van der Waals surface area contributed by atoms with Gasteiger partial charge in [0.05, 0.1) is 6.61 Å². The zero-order chi connectivity index (χ0) is 12.0. The molecule has 0 amide bonds. The van der Waals surface area contributed by atoms with E-state index in [4.69, 9.17) is 10.5 Å². The Balaban J connectivity index is 2.74. The maximum atomic E-state index is 11.6. The minimum atomic E-state index is -3.54. The minimum Gasteiger partial charge on any atom is -0.383 e. The SMILES string of the molecule is COCCNS(=O)(=O)c1ccc(CN)cn1. The molecule has 1 rings (SSSR count). The van der Waals surface area contributed by atoms with Crippen molar-refractivity contribution in [2.75, 3.05) is 20.3 Å². The van der Waals surface area contributed by atoms with Crippen LogP contribution in [0.15, 0.2) is 23.4 Å². The quantitative estimate of drug-likeness (QED) is 0.657. The first-order chi connectivity index (χ1) is 7.60. The van der Waals surface area contributed by atoms with E-state index < -0.39 is 10.0 Å². The Bertz CT molecular complexity index is 416. The van der Waals surface area contributed by atoms with Crippen molar-refractivity contribution >= 4 is 10.0 Å². The molecule has 1 aromatic heterocycles. The van der Waals surface area contributed by atoms with E-state index in [2.05, 4.69) is 9.71 Å². The monoisotopic (exact) mass is 245 g/mol. The van der Waals surface area contributed by atoms with Crippen LogP contribution in [0.1, 0.15) is 5.56 Å². The molecule has 0 saturated heterocycles. The van der Waals surface area contributed by atoms with Gasteiger partial charge in [-0.3, -0.25) is 0 Å². The van der Waals surface area contributed by atoms with Crippen LogP contribution in [0.5, 0.6) is 0 Å². The lowest BCUT2D eigenvalue weighted by molar-refractivity contribution is 0.204. The molecule has 0 unspecified atom stereocenters. The zero-order valence-corrected chi connectivity index (χ0v) is 9.83. The second kappa shape index (κ2) is 5.90. The van der Waals surface area contributed by atoms with Gasteiger partial charge in [0.25, 0.3) is 10.0 Å². The molecule has 0 aliphatic rings. The second-order valence-electron chi connectivity index (χ2n) is 3.10. The first kappa shape index (κ1) is 13.0. The first-order valence-corrected chi connectivity index (χ1v) is 6.22. The Hall–Kier alpha value is -1.02. The summed E-state index contributed by atoms with van der Waals surface area (Å²) < 4.78 is 30.4. The van der Waals surface area contributed by atoms with Gasteiger partial charge in [-0.2, -0.15) is 0 Å². The van der Waals surface area contributed by atoms with E-state index >= 15 is 0 Å². The Labute approximate surface area is 94.9 Å². The van der Waals surface area contributed by atoms with Crippen LogP contribution in [-0.4, -0.2) is 33.7 Å². The van der Waals surface area contributed by atoms with Crippen LogP contribution in [0.2, 0.25) is 0 Å². The number of nitrogens with one attached hydrogen (secondary N) is 1. The standard InChI is InChI=1S/C9H15N3O3S/c1-15-5-4-12-16(13,14)9-3-2-8(6-10)7-11-9/h2-3,7,12H,4-6,10H2,1H3. The minimum absolute atomic E-state index is 0.0131. The number of sulfonamides is 1. The van der Waals surface area contributed by atoms with E-state index in [1.54, 1.807) is 6.07 Å². The fourth-order valence-corrected chi connectivity index (χ4v) is 1.98. The number of methoxy groups -OCH3 is 1. The number of hydrogen-bond donors (Lipinski definition) is 2. The number of rotatable bonds is 6. The number of ether oxygens (including phenoxy) is 1. The molecule has 90 valence electrons. The number of hydrogen-bond acceptors (Lipinski definition) is 5. The van der Waals surface area contributed by atoms with Gasteiger partial charge in [-0.25, -0.2) is 18.1 Å². The summed E-state index contributed by atoms with van der Waals surface area (Å²) in [6.07, 6.45) is 1.45. The molecule has 0 spiro atoms. The normalized spacial score (nSPS) is 11.6. The topological polar surface area (TPSA) is 94.3 Å². The summed E-state index contributed by atoms with van der Waals surface area (Å²) in [4.78, 5) is 3.83. The van der Waals surface area contributed by atoms with Crippen molar-refractivity contribution in [3.05, 3.63) is 23.9 Å². The lowest BCUT2D eigenvalue weighted by atomic mass is 10.3. The lowest BCUT2D eigenvalue weighted by Crippen LogP contribution is -2.27. The van der Waals surface area contributed by atoms with Crippen molar-refractivity contribution in [1.29, 1.82) is 0 Å². The smallest absolute Gasteiger partial charge is 0.258 e. The third kappa shape index (κ3) is 3.53. The molecule has 3 N–H and O–H groups in total. The van der Waals surface area contributed by atoms with Crippen LogP contribution in [-0.2, 0) is 21.3 Å². The van der Waals surface area contributed by atoms with Crippen LogP contribution >= 0.6 is 0 Å². The number of pyridine rings is 1. The predicted octanol–water partition coefficient (Wildman–Crippen LogP) is -0.535.